The molecule has 1 atom stereocenters. The van der Waals surface area contributed by atoms with E-state index in [1.807, 2.05) is 31.2 Å². The molecule has 0 radical (unpaired) electrons. The Kier molecular flexibility index (Phi) is 6.63. The van der Waals surface area contributed by atoms with E-state index >= 15 is 0 Å². The van der Waals surface area contributed by atoms with Crippen molar-refractivity contribution >= 4 is 5.82 Å². The van der Waals surface area contributed by atoms with Crippen LogP contribution >= 0.6 is 0 Å². The summed E-state index contributed by atoms with van der Waals surface area (Å²) in [5.41, 5.74) is 7.31. The van der Waals surface area contributed by atoms with Crippen molar-refractivity contribution in [2.24, 2.45) is 0 Å². The summed E-state index contributed by atoms with van der Waals surface area (Å²) < 4.78 is 5.72. The third-order valence-electron chi connectivity index (χ3n) is 3.84. The fraction of sp³-hybridized carbons (Fsp3) is 0.438. The molecule has 6 nitrogen and oxygen atoms in total. The summed E-state index contributed by atoms with van der Waals surface area (Å²) in [4.78, 5) is 5.47. The first-order valence-electron chi connectivity index (χ1n) is 7.62. The van der Waals surface area contributed by atoms with Crippen LogP contribution in [0.2, 0.25) is 0 Å². The van der Waals surface area contributed by atoms with E-state index in [2.05, 4.69) is 27.9 Å². The van der Waals surface area contributed by atoms with Gasteiger partial charge in [0.2, 0.25) is 0 Å². The fourth-order valence-corrected chi connectivity index (χ4v) is 2.48. The van der Waals surface area contributed by atoms with E-state index in [9.17, 15) is 0 Å². The van der Waals surface area contributed by atoms with Gasteiger partial charge < -0.3 is 20.0 Å². The number of aryl methyl sites for hydroxylation is 1. The summed E-state index contributed by atoms with van der Waals surface area (Å²) in [6.45, 7) is 6.56. The average Bonchev–Trinajstić information content (AvgIpc) is 2.94. The van der Waals surface area contributed by atoms with Gasteiger partial charge in [-0.15, -0.1) is 0 Å². The van der Waals surface area contributed by atoms with Gasteiger partial charge in [-0.3, -0.25) is 10.6 Å². The second-order valence-corrected chi connectivity index (χ2v) is 5.31. The zero-order valence-electron chi connectivity index (χ0n) is 13.3. The van der Waals surface area contributed by atoms with Crippen LogP contribution in [0.15, 0.2) is 24.3 Å². The topological polar surface area (TPSA) is 73.3 Å². The molecule has 0 aliphatic carbocycles. The van der Waals surface area contributed by atoms with Gasteiger partial charge in [-0.05, 0) is 42.4 Å². The van der Waals surface area contributed by atoms with Crippen molar-refractivity contribution in [1.82, 2.24) is 15.5 Å². The van der Waals surface area contributed by atoms with Gasteiger partial charge in [0.1, 0.15) is 5.75 Å². The Bertz CT molecular complexity index is 609. The van der Waals surface area contributed by atoms with Gasteiger partial charge in [0.25, 0.3) is 0 Å². The van der Waals surface area contributed by atoms with Gasteiger partial charge in [-0.2, -0.15) is 0 Å². The molecule has 23 heavy (non-hydrogen) atoms. The first-order chi connectivity index (χ1) is 10.8. The van der Waals surface area contributed by atoms with Crippen molar-refractivity contribution in [3.63, 3.8) is 0 Å². The fourth-order valence-electron chi connectivity index (χ4n) is 2.48. The van der Waals surface area contributed by atoms with Crippen LogP contribution in [0.1, 0.15) is 29.8 Å². The van der Waals surface area contributed by atoms with E-state index in [0.29, 0.717) is 11.6 Å². The van der Waals surface area contributed by atoms with Crippen LogP contribution in [0.25, 0.3) is 5.48 Å². The van der Waals surface area contributed by atoms with Gasteiger partial charge in [-0.25, -0.2) is 0 Å². The molecular formula is C16H21N4O2W-. The maximum Gasteiger partial charge on any atom is 0.130 e. The van der Waals surface area contributed by atoms with Crippen molar-refractivity contribution in [3.8, 4) is 5.75 Å². The third kappa shape index (κ3) is 4.34. The van der Waals surface area contributed by atoms with Crippen molar-refractivity contribution in [2.45, 2.75) is 26.4 Å². The molecule has 1 aromatic heterocycles. The normalized spacial score (nSPS) is 17.4. The summed E-state index contributed by atoms with van der Waals surface area (Å²) >= 11 is 0. The Morgan fingerprint density at radius 3 is 2.74 bits per heavy atom. The van der Waals surface area contributed by atoms with Crippen molar-refractivity contribution in [3.05, 3.63) is 46.6 Å². The molecule has 1 unspecified atom stereocenters. The summed E-state index contributed by atoms with van der Waals surface area (Å²) in [5, 5.41) is 10.4. The molecule has 0 amide bonds. The number of nitrogens with zero attached hydrogens (tertiary/aromatic N) is 2. The predicted octanol–water partition coefficient (Wildman–Crippen LogP) is 2.94. The first-order valence-corrected chi connectivity index (χ1v) is 7.62. The summed E-state index contributed by atoms with van der Waals surface area (Å²) in [7, 11) is 0. The molecule has 1 aliphatic heterocycles. The van der Waals surface area contributed by atoms with Crippen LogP contribution in [-0.2, 0) is 32.2 Å². The second-order valence-electron chi connectivity index (χ2n) is 5.31. The smallest absolute Gasteiger partial charge is 0.130 e. The van der Waals surface area contributed by atoms with Gasteiger partial charge >= 0.3 is 0 Å². The third-order valence-corrected chi connectivity index (χ3v) is 3.84. The number of ether oxygens (including phenoxy) is 1. The van der Waals surface area contributed by atoms with Crippen molar-refractivity contribution < 1.29 is 30.6 Å². The van der Waals surface area contributed by atoms with E-state index < -0.39 is 0 Å². The minimum absolute atomic E-state index is 0. The quantitative estimate of drug-likeness (QED) is 0.640. The Morgan fingerprint density at radius 1 is 1.35 bits per heavy atom. The molecule has 124 valence electrons. The van der Waals surface area contributed by atoms with Crippen LogP contribution < -0.4 is 10.2 Å². The molecule has 0 saturated carbocycles. The monoisotopic (exact) mass is 485 g/mol. The number of hydrogen-bond donors (Lipinski definition) is 2. The number of morpholine rings is 1. The standard InChI is InChI=1S/C16H21N4O2.W/c1-3-14-11(2)16(19-18-14)20-22-13-6-4-12(5-7-13)15-10-17-8-9-21-15;/h4-7,15,17H,3,8-10H2,1-2H3,(H-,18,19,20);/q-1;. The maximum atomic E-state index is 5.72. The Hall–Kier alpha value is -1.36. The van der Waals surface area contributed by atoms with E-state index in [-0.39, 0.29) is 27.2 Å². The van der Waals surface area contributed by atoms with Crippen LogP contribution in [0.3, 0.4) is 0 Å². The molecule has 0 spiro atoms. The van der Waals surface area contributed by atoms with Crippen LogP contribution in [0.4, 0.5) is 5.82 Å². The summed E-state index contributed by atoms with van der Waals surface area (Å²) in [6, 6.07) is 7.84. The summed E-state index contributed by atoms with van der Waals surface area (Å²) in [5.74, 6) is 1.36. The van der Waals surface area contributed by atoms with Crippen molar-refractivity contribution in [1.29, 1.82) is 0 Å². The second kappa shape index (κ2) is 8.48. The zero-order valence-corrected chi connectivity index (χ0v) is 16.3. The number of aromatic amines is 1. The van der Waals surface area contributed by atoms with Gasteiger partial charge in [0.15, 0.2) is 0 Å². The van der Waals surface area contributed by atoms with E-state index in [1.165, 1.54) is 0 Å². The zero-order chi connectivity index (χ0) is 15.4. The molecule has 1 fully saturated rings. The number of aromatic nitrogens is 2. The molecule has 2 N–H and O–H groups in total. The predicted molar refractivity (Wildman–Crippen MR) is 84.4 cm³/mol. The largest absolute Gasteiger partial charge is 0.456 e. The van der Waals surface area contributed by atoms with Gasteiger partial charge in [0.05, 0.1) is 12.7 Å². The van der Waals surface area contributed by atoms with Gasteiger partial charge in [-0.1, -0.05) is 19.1 Å². The molecule has 2 heterocycles. The molecule has 1 aromatic carbocycles. The van der Waals surface area contributed by atoms with Crippen LogP contribution in [-0.4, -0.2) is 29.9 Å². The Labute approximate surface area is 150 Å². The minimum atomic E-state index is 0. The molecule has 3 rings (SSSR count). The minimum Gasteiger partial charge on any atom is -0.456 e. The van der Waals surface area contributed by atoms with Gasteiger partial charge in [0, 0.05) is 39.8 Å². The number of rotatable bonds is 5. The number of benzene rings is 1. The SMILES string of the molecule is CCc1n[nH]c([N-]Oc2ccc(C3CNCCO3)cc2)c1C.[W]. The van der Waals surface area contributed by atoms with E-state index in [4.69, 9.17) is 9.57 Å². The molecular weight excluding hydrogens is 464 g/mol. The molecule has 7 heteroatoms. The number of H-pyrrole nitrogens is 1. The Balaban J connectivity index is 0.00000192. The first kappa shape index (κ1) is 18.0. The molecule has 0 bridgehead atoms. The molecule has 1 saturated heterocycles. The van der Waals surface area contributed by atoms with Crippen molar-refractivity contribution in [2.75, 3.05) is 19.7 Å². The maximum absolute atomic E-state index is 5.72. The number of nitrogens with one attached hydrogen (secondary N) is 2. The molecule has 1 aliphatic rings. The van der Waals surface area contributed by atoms with Crippen LogP contribution in [0, 0.1) is 6.92 Å². The summed E-state index contributed by atoms with van der Waals surface area (Å²) in [6.07, 6.45) is 0.990. The van der Waals surface area contributed by atoms with E-state index in [1.54, 1.807) is 0 Å². The average molecular weight is 485 g/mol. The number of hydrogen-bond acceptors (Lipinski definition) is 4. The van der Waals surface area contributed by atoms with E-state index in [0.717, 1.165) is 42.9 Å². The molecule has 2 aromatic rings. The Morgan fingerprint density at radius 2 is 2.13 bits per heavy atom. The van der Waals surface area contributed by atoms with Crippen LogP contribution in [0.5, 0.6) is 5.75 Å².